The van der Waals surface area contributed by atoms with Gasteiger partial charge in [-0.25, -0.2) is 4.98 Å². The monoisotopic (exact) mass is 289 g/mol. The third-order valence-corrected chi connectivity index (χ3v) is 3.88. The van der Waals surface area contributed by atoms with E-state index in [-0.39, 0.29) is 5.91 Å². The summed E-state index contributed by atoms with van der Waals surface area (Å²) in [6, 6.07) is 9.31. The lowest BCUT2D eigenvalue weighted by Gasteiger charge is -2.20. The molecule has 1 heterocycles. The van der Waals surface area contributed by atoms with Crippen molar-refractivity contribution in [1.82, 2.24) is 9.88 Å². The van der Waals surface area contributed by atoms with Crippen molar-refractivity contribution in [1.29, 1.82) is 0 Å². The number of benzene rings is 1. The van der Waals surface area contributed by atoms with Crippen LogP contribution in [0.4, 0.5) is 0 Å². The Morgan fingerprint density at radius 3 is 2.70 bits per heavy atom. The SMILES string of the molecule is Cc1nc(CN(C)C(=O)[C@H](N)Cc2ccccc2)cs1. The Bertz CT molecular complexity index is 568. The fourth-order valence-corrected chi connectivity index (χ4v) is 2.64. The normalized spacial score (nSPS) is 12.2. The molecule has 0 unspecified atom stereocenters. The van der Waals surface area contributed by atoms with Crippen LogP contribution in [0.2, 0.25) is 0 Å². The fourth-order valence-electron chi connectivity index (χ4n) is 2.04. The molecule has 0 spiro atoms. The molecule has 4 nitrogen and oxygen atoms in total. The average molecular weight is 289 g/mol. The first kappa shape index (κ1) is 14.7. The van der Waals surface area contributed by atoms with E-state index in [1.165, 1.54) is 0 Å². The molecule has 2 aromatic rings. The lowest BCUT2D eigenvalue weighted by molar-refractivity contribution is -0.131. The van der Waals surface area contributed by atoms with Crippen LogP contribution in [0.3, 0.4) is 0 Å². The number of hydrogen-bond acceptors (Lipinski definition) is 4. The van der Waals surface area contributed by atoms with Crippen LogP contribution in [-0.2, 0) is 17.8 Å². The molecule has 2 rings (SSSR count). The molecule has 2 N–H and O–H groups in total. The number of aryl methyl sites for hydroxylation is 1. The zero-order valence-corrected chi connectivity index (χ0v) is 12.6. The van der Waals surface area contributed by atoms with E-state index in [9.17, 15) is 4.79 Å². The average Bonchev–Trinajstić information content (AvgIpc) is 2.84. The summed E-state index contributed by atoms with van der Waals surface area (Å²) in [5.74, 6) is -0.0560. The van der Waals surface area contributed by atoms with Gasteiger partial charge in [0.1, 0.15) is 0 Å². The Labute approximate surface area is 123 Å². The van der Waals surface area contributed by atoms with Gasteiger partial charge in [0, 0.05) is 12.4 Å². The molecule has 1 atom stereocenters. The van der Waals surface area contributed by atoms with Crippen molar-refractivity contribution in [3.63, 3.8) is 0 Å². The first-order valence-corrected chi connectivity index (χ1v) is 7.39. The molecule has 1 aromatic carbocycles. The Kier molecular flexibility index (Phi) is 4.87. The highest BCUT2D eigenvalue weighted by molar-refractivity contribution is 7.09. The molecular formula is C15H19N3OS. The largest absolute Gasteiger partial charge is 0.338 e. The Balaban J connectivity index is 1.92. The van der Waals surface area contributed by atoms with E-state index in [1.807, 2.05) is 42.6 Å². The van der Waals surface area contributed by atoms with E-state index in [0.29, 0.717) is 13.0 Å². The summed E-state index contributed by atoms with van der Waals surface area (Å²) in [4.78, 5) is 18.2. The smallest absolute Gasteiger partial charge is 0.239 e. The molecule has 0 bridgehead atoms. The van der Waals surface area contributed by atoms with Crippen LogP contribution in [0.5, 0.6) is 0 Å². The first-order chi connectivity index (χ1) is 9.56. The van der Waals surface area contributed by atoms with E-state index in [2.05, 4.69) is 4.98 Å². The topological polar surface area (TPSA) is 59.2 Å². The molecule has 0 aliphatic carbocycles. The van der Waals surface area contributed by atoms with Gasteiger partial charge in [0.15, 0.2) is 0 Å². The van der Waals surface area contributed by atoms with Crippen molar-refractivity contribution >= 4 is 17.2 Å². The van der Waals surface area contributed by atoms with Gasteiger partial charge in [-0.2, -0.15) is 0 Å². The minimum absolute atomic E-state index is 0.0560. The maximum atomic E-state index is 12.2. The maximum absolute atomic E-state index is 12.2. The van der Waals surface area contributed by atoms with Crippen LogP contribution < -0.4 is 5.73 Å². The van der Waals surface area contributed by atoms with Gasteiger partial charge in [-0.3, -0.25) is 4.79 Å². The van der Waals surface area contributed by atoms with Crippen molar-refractivity contribution in [3.05, 3.63) is 52.0 Å². The molecule has 0 saturated heterocycles. The molecule has 5 heteroatoms. The van der Waals surface area contributed by atoms with Crippen LogP contribution in [0, 0.1) is 6.92 Å². The van der Waals surface area contributed by atoms with Crippen molar-refractivity contribution in [2.75, 3.05) is 7.05 Å². The van der Waals surface area contributed by atoms with Gasteiger partial charge >= 0.3 is 0 Å². The number of likely N-dealkylation sites (N-methyl/N-ethyl adjacent to an activating group) is 1. The van der Waals surface area contributed by atoms with Gasteiger partial charge in [0.25, 0.3) is 0 Å². The highest BCUT2D eigenvalue weighted by Gasteiger charge is 2.19. The summed E-state index contributed by atoms with van der Waals surface area (Å²) in [5.41, 5.74) is 7.99. The molecular weight excluding hydrogens is 270 g/mol. The molecule has 0 saturated carbocycles. The van der Waals surface area contributed by atoms with Crippen LogP contribution in [-0.4, -0.2) is 28.9 Å². The van der Waals surface area contributed by atoms with Crippen molar-refractivity contribution in [2.24, 2.45) is 5.73 Å². The number of carbonyl (C=O) groups is 1. The zero-order valence-electron chi connectivity index (χ0n) is 11.7. The summed E-state index contributed by atoms with van der Waals surface area (Å²) in [5, 5.41) is 2.98. The molecule has 0 radical (unpaired) electrons. The number of thiazole rings is 1. The van der Waals surface area contributed by atoms with Gasteiger partial charge in [0.05, 0.1) is 23.3 Å². The van der Waals surface area contributed by atoms with E-state index < -0.39 is 6.04 Å². The number of amides is 1. The molecule has 20 heavy (non-hydrogen) atoms. The second kappa shape index (κ2) is 6.63. The van der Waals surface area contributed by atoms with Crippen LogP contribution in [0.15, 0.2) is 35.7 Å². The van der Waals surface area contributed by atoms with Crippen LogP contribution >= 0.6 is 11.3 Å². The third kappa shape index (κ3) is 3.88. The van der Waals surface area contributed by atoms with Gasteiger partial charge in [-0.05, 0) is 18.9 Å². The summed E-state index contributed by atoms with van der Waals surface area (Å²) < 4.78 is 0. The van der Waals surface area contributed by atoms with E-state index >= 15 is 0 Å². The third-order valence-electron chi connectivity index (χ3n) is 3.06. The number of rotatable bonds is 5. The zero-order chi connectivity index (χ0) is 14.5. The van der Waals surface area contributed by atoms with Crippen molar-refractivity contribution in [3.8, 4) is 0 Å². The van der Waals surface area contributed by atoms with Crippen molar-refractivity contribution < 1.29 is 4.79 Å². The highest BCUT2D eigenvalue weighted by Crippen LogP contribution is 2.11. The Morgan fingerprint density at radius 2 is 2.10 bits per heavy atom. The summed E-state index contributed by atoms with van der Waals surface area (Å²) >= 11 is 1.59. The minimum atomic E-state index is -0.512. The van der Waals surface area contributed by atoms with Crippen molar-refractivity contribution in [2.45, 2.75) is 25.9 Å². The van der Waals surface area contributed by atoms with Gasteiger partial charge in [-0.1, -0.05) is 30.3 Å². The summed E-state index contributed by atoms with van der Waals surface area (Å²) in [6.45, 7) is 2.46. The van der Waals surface area contributed by atoms with E-state index in [0.717, 1.165) is 16.3 Å². The Hall–Kier alpha value is -1.72. The lowest BCUT2D eigenvalue weighted by atomic mass is 10.1. The number of hydrogen-bond donors (Lipinski definition) is 1. The summed E-state index contributed by atoms with van der Waals surface area (Å²) in [6.07, 6.45) is 0.556. The standard InChI is InChI=1S/C15H19N3OS/c1-11-17-13(10-20-11)9-18(2)15(19)14(16)8-12-6-4-3-5-7-12/h3-7,10,14H,8-9,16H2,1-2H3/t14-/m1/s1. The Morgan fingerprint density at radius 1 is 1.40 bits per heavy atom. The van der Waals surface area contributed by atoms with E-state index in [1.54, 1.807) is 23.3 Å². The summed E-state index contributed by atoms with van der Waals surface area (Å²) in [7, 11) is 1.77. The predicted octanol–water partition coefficient (Wildman–Crippen LogP) is 1.98. The minimum Gasteiger partial charge on any atom is -0.338 e. The predicted molar refractivity (Wildman–Crippen MR) is 81.4 cm³/mol. The van der Waals surface area contributed by atoms with E-state index in [4.69, 9.17) is 5.73 Å². The maximum Gasteiger partial charge on any atom is 0.239 e. The molecule has 0 aliphatic heterocycles. The van der Waals surface area contributed by atoms with Gasteiger partial charge in [-0.15, -0.1) is 11.3 Å². The van der Waals surface area contributed by atoms with Crippen LogP contribution in [0.1, 0.15) is 16.3 Å². The second-order valence-electron chi connectivity index (χ2n) is 4.85. The van der Waals surface area contributed by atoms with Gasteiger partial charge in [0.2, 0.25) is 5.91 Å². The number of nitrogens with zero attached hydrogens (tertiary/aromatic N) is 2. The lowest BCUT2D eigenvalue weighted by Crippen LogP contribution is -2.42. The van der Waals surface area contributed by atoms with Crippen LogP contribution in [0.25, 0.3) is 0 Å². The molecule has 1 amide bonds. The fraction of sp³-hybridized carbons (Fsp3) is 0.333. The molecule has 0 fully saturated rings. The number of carbonyl (C=O) groups excluding carboxylic acids is 1. The quantitative estimate of drug-likeness (QED) is 0.915. The molecule has 106 valence electrons. The number of nitrogens with two attached hydrogens (primary N) is 1. The highest BCUT2D eigenvalue weighted by atomic mass is 32.1. The second-order valence-corrected chi connectivity index (χ2v) is 5.91. The molecule has 0 aliphatic rings. The number of aromatic nitrogens is 1. The van der Waals surface area contributed by atoms with Gasteiger partial charge < -0.3 is 10.6 Å². The first-order valence-electron chi connectivity index (χ1n) is 6.51. The molecule has 1 aromatic heterocycles.